The number of hydrogen-bond donors (Lipinski definition) is 0. The quantitative estimate of drug-likeness (QED) is 0.0948. The summed E-state index contributed by atoms with van der Waals surface area (Å²) in [7, 11) is 1.76. The summed E-state index contributed by atoms with van der Waals surface area (Å²) in [5.74, 6) is 2.32. The second-order valence-electron chi connectivity index (χ2n) is 9.39. The van der Waals surface area contributed by atoms with E-state index < -0.39 is 0 Å². The van der Waals surface area contributed by atoms with Crippen LogP contribution in [0, 0.1) is 19.8 Å². The number of ether oxygens (including phenoxy) is 1. The van der Waals surface area contributed by atoms with E-state index >= 15 is 0 Å². The Hall–Kier alpha value is -2.33. The minimum absolute atomic E-state index is 0.196. The van der Waals surface area contributed by atoms with Crippen molar-refractivity contribution in [1.82, 2.24) is 0 Å². The molecular formula is C33H51NO2S. The van der Waals surface area contributed by atoms with Gasteiger partial charge in [0.15, 0.2) is 5.78 Å². The standard InChI is InChI=1S/C25H37NOS.C8H14O/c1-10-18(5)22(21(8)25(27-9)19(6)11-2)16-28-24(12-3)26-23-15-17(4)13-14-20(23)7;1-4-6-8(9)7(3)5-2/h11,13-15H,10,12,16H2,1-9H3;4,6-7H,5H2,1-3H3/b19-11-,22-18?,25-21+,26-24?;6-4-. The molecule has 0 aliphatic rings. The van der Waals surface area contributed by atoms with E-state index in [0.717, 1.165) is 36.5 Å². The van der Waals surface area contributed by atoms with Crippen LogP contribution in [0.2, 0.25) is 0 Å². The van der Waals surface area contributed by atoms with E-state index in [1.807, 2.05) is 32.5 Å². The van der Waals surface area contributed by atoms with E-state index in [0.29, 0.717) is 0 Å². The molecule has 206 valence electrons. The third-order valence-corrected chi connectivity index (χ3v) is 7.70. The first-order chi connectivity index (χ1) is 17.5. The summed E-state index contributed by atoms with van der Waals surface area (Å²) in [4.78, 5) is 15.9. The molecule has 0 N–H and O–H groups in total. The lowest BCUT2D eigenvalue weighted by Gasteiger charge is -2.17. The van der Waals surface area contributed by atoms with Crippen molar-refractivity contribution in [3.05, 3.63) is 75.6 Å². The van der Waals surface area contributed by atoms with Gasteiger partial charge in [0, 0.05) is 11.7 Å². The van der Waals surface area contributed by atoms with Gasteiger partial charge in [-0.25, -0.2) is 4.99 Å². The Kier molecular flexibility index (Phi) is 17.7. The molecule has 0 saturated heterocycles. The van der Waals surface area contributed by atoms with Gasteiger partial charge in [-0.05, 0) is 108 Å². The van der Waals surface area contributed by atoms with Crippen molar-refractivity contribution < 1.29 is 9.53 Å². The molecule has 1 atom stereocenters. The molecule has 1 aromatic carbocycles. The third-order valence-electron chi connectivity index (χ3n) is 6.56. The Bertz CT molecular complexity index is 1020. The maximum atomic E-state index is 10.9. The van der Waals surface area contributed by atoms with E-state index in [2.05, 4.69) is 79.7 Å². The molecule has 0 amide bonds. The molecule has 1 unspecified atom stereocenters. The number of aryl methyl sites for hydroxylation is 2. The lowest BCUT2D eigenvalue weighted by molar-refractivity contribution is -0.117. The lowest BCUT2D eigenvalue weighted by Crippen LogP contribution is -2.05. The maximum absolute atomic E-state index is 10.9. The maximum Gasteiger partial charge on any atom is 0.158 e. The second kappa shape index (κ2) is 18.8. The molecule has 0 aliphatic heterocycles. The molecule has 37 heavy (non-hydrogen) atoms. The van der Waals surface area contributed by atoms with Gasteiger partial charge in [-0.3, -0.25) is 4.79 Å². The number of nitrogens with zero attached hydrogens (tertiary/aromatic N) is 1. The normalized spacial score (nSPS) is 14.5. The average molecular weight is 526 g/mol. The monoisotopic (exact) mass is 525 g/mol. The van der Waals surface area contributed by atoms with Gasteiger partial charge in [-0.1, -0.05) is 57.6 Å². The highest BCUT2D eigenvalue weighted by molar-refractivity contribution is 8.14. The first-order valence-corrected chi connectivity index (χ1v) is 14.5. The van der Waals surface area contributed by atoms with E-state index in [4.69, 9.17) is 9.73 Å². The van der Waals surface area contributed by atoms with Crippen LogP contribution in [0.5, 0.6) is 0 Å². The highest BCUT2D eigenvalue weighted by Gasteiger charge is 2.14. The fraction of sp³-hybridized carbons (Fsp3) is 0.515. The van der Waals surface area contributed by atoms with Crippen molar-refractivity contribution in [2.24, 2.45) is 10.9 Å². The van der Waals surface area contributed by atoms with Crippen molar-refractivity contribution in [2.75, 3.05) is 12.9 Å². The van der Waals surface area contributed by atoms with E-state index in [-0.39, 0.29) is 11.7 Å². The Morgan fingerprint density at radius 2 is 1.73 bits per heavy atom. The van der Waals surface area contributed by atoms with Crippen molar-refractivity contribution >= 4 is 28.3 Å². The van der Waals surface area contributed by atoms with Gasteiger partial charge in [0.1, 0.15) is 5.76 Å². The van der Waals surface area contributed by atoms with Gasteiger partial charge in [0.25, 0.3) is 0 Å². The fourth-order valence-corrected chi connectivity index (χ4v) is 4.66. The lowest BCUT2D eigenvalue weighted by atomic mass is 9.98. The molecule has 0 bridgehead atoms. The molecular weight excluding hydrogens is 474 g/mol. The largest absolute Gasteiger partial charge is 0.496 e. The Labute approximate surface area is 232 Å². The van der Waals surface area contributed by atoms with Crippen LogP contribution in [-0.2, 0) is 9.53 Å². The predicted octanol–water partition coefficient (Wildman–Crippen LogP) is 10.3. The average Bonchev–Trinajstić information content (AvgIpc) is 2.89. The summed E-state index contributed by atoms with van der Waals surface area (Å²) >= 11 is 1.84. The van der Waals surface area contributed by atoms with Gasteiger partial charge < -0.3 is 4.74 Å². The van der Waals surface area contributed by atoms with Crippen molar-refractivity contribution in [1.29, 1.82) is 0 Å². The van der Waals surface area contributed by atoms with Gasteiger partial charge >= 0.3 is 0 Å². The number of benzene rings is 1. The summed E-state index contributed by atoms with van der Waals surface area (Å²) in [5, 5.41) is 1.17. The first-order valence-electron chi connectivity index (χ1n) is 13.5. The van der Waals surface area contributed by atoms with Crippen LogP contribution in [0.25, 0.3) is 0 Å². The molecule has 4 heteroatoms. The zero-order chi connectivity index (χ0) is 28.5. The van der Waals surface area contributed by atoms with Crippen LogP contribution >= 0.6 is 11.8 Å². The zero-order valence-electron chi connectivity index (χ0n) is 25.5. The van der Waals surface area contributed by atoms with E-state index in [1.165, 1.54) is 38.5 Å². The molecule has 3 nitrogen and oxygen atoms in total. The number of allylic oxidation sites excluding steroid dienone is 6. The van der Waals surface area contributed by atoms with Gasteiger partial charge in [0.2, 0.25) is 0 Å². The second-order valence-corrected chi connectivity index (χ2v) is 10.4. The van der Waals surface area contributed by atoms with Crippen LogP contribution < -0.4 is 0 Å². The summed E-state index contributed by atoms with van der Waals surface area (Å²) in [5.41, 5.74) is 8.73. The number of thioether (sulfide) groups is 1. The molecule has 0 saturated carbocycles. The van der Waals surface area contributed by atoms with Crippen molar-refractivity contribution in [3.63, 3.8) is 0 Å². The molecule has 0 aromatic heterocycles. The van der Waals surface area contributed by atoms with Crippen LogP contribution in [0.1, 0.15) is 92.7 Å². The summed E-state index contributed by atoms with van der Waals surface area (Å²) in [6, 6.07) is 6.46. The molecule has 1 rings (SSSR count). The molecule has 0 aliphatic carbocycles. The number of aliphatic imine (C=N–C) groups is 1. The molecule has 0 radical (unpaired) electrons. The van der Waals surface area contributed by atoms with Crippen LogP contribution in [0.4, 0.5) is 5.69 Å². The van der Waals surface area contributed by atoms with Crippen LogP contribution in [-0.4, -0.2) is 23.7 Å². The molecule has 0 spiro atoms. The summed E-state index contributed by atoms with van der Waals surface area (Å²) in [6.45, 7) is 23.0. The summed E-state index contributed by atoms with van der Waals surface area (Å²) < 4.78 is 5.74. The number of methoxy groups -OCH3 is 1. The van der Waals surface area contributed by atoms with Crippen LogP contribution in [0.15, 0.2) is 69.5 Å². The van der Waals surface area contributed by atoms with E-state index in [9.17, 15) is 4.79 Å². The number of carbonyl (C=O) groups excluding carboxylic acids is 1. The summed E-state index contributed by atoms with van der Waals surface area (Å²) in [6.07, 6.45) is 8.43. The van der Waals surface area contributed by atoms with Crippen LogP contribution in [0.3, 0.4) is 0 Å². The van der Waals surface area contributed by atoms with Crippen molar-refractivity contribution in [2.45, 2.75) is 95.4 Å². The fourth-order valence-electron chi connectivity index (χ4n) is 3.52. The van der Waals surface area contributed by atoms with Gasteiger partial charge in [0.05, 0.1) is 17.8 Å². The minimum Gasteiger partial charge on any atom is -0.496 e. The van der Waals surface area contributed by atoms with Gasteiger partial charge in [-0.2, -0.15) is 0 Å². The topological polar surface area (TPSA) is 38.7 Å². The number of ketones is 1. The number of hydrogen-bond acceptors (Lipinski definition) is 4. The van der Waals surface area contributed by atoms with Gasteiger partial charge in [-0.15, -0.1) is 11.8 Å². The molecule has 0 heterocycles. The molecule has 0 fully saturated rings. The highest BCUT2D eigenvalue weighted by atomic mass is 32.2. The third kappa shape index (κ3) is 12.2. The Morgan fingerprint density at radius 1 is 1.08 bits per heavy atom. The first kappa shape index (κ1) is 34.7. The number of carbonyl (C=O) groups is 1. The van der Waals surface area contributed by atoms with Crippen molar-refractivity contribution in [3.8, 4) is 0 Å². The highest BCUT2D eigenvalue weighted by Crippen LogP contribution is 2.30. The number of rotatable bonds is 11. The predicted molar refractivity (Wildman–Crippen MR) is 167 cm³/mol. The Morgan fingerprint density at radius 3 is 2.22 bits per heavy atom. The SMILES string of the molecule is C/C=C(C)\C(OC)=C(\C)C(CSC(CC)=Nc1cc(C)ccc1C)=C(C)CC.C/C=C\C(=O)C(C)CC. The smallest absolute Gasteiger partial charge is 0.158 e. The van der Waals surface area contributed by atoms with E-state index in [1.54, 1.807) is 19.3 Å². The minimum atomic E-state index is 0.196. The molecule has 1 aromatic rings. The zero-order valence-corrected chi connectivity index (χ0v) is 26.4. The Balaban J connectivity index is 0.00000122.